The van der Waals surface area contributed by atoms with Gasteiger partial charge in [-0.2, -0.15) is 0 Å². The third-order valence-corrected chi connectivity index (χ3v) is 5.54. The van der Waals surface area contributed by atoms with Gasteiger partial charge in [0.2, 0.25) is 0 Å². The van der Waals surface area contributed by atoms with E-state index in [-0.39, 0.29) is 0 Å². The molecule has 1 heterocycles. The highest BCUT2D eigenvalue weighted by Gasteiger charge is 2.45. The van der Waals surface area contributed by atoms with Crippen molar-refractivity contribution in [1.82, 2.24) is 5.32 Å². The van der Waals surface area contributed by atoms with Crippen LogP contribution in [-0.4, -0.2) is 11.6 Å². The monoisotopic (exact) mass is 209 g/mol. The molecule has 0 aromatic carbocycles. The fourth-order valence-corrected chi connectivity index (χ4v) is 3.90. The van der Waals surface area contributed by atoms with E-state index in [1.807, 2.05) is 0 Å². The summed E-state index contributed by atoms with van der Waals surface area (Å²) in [7, 11) is 0. The van der Waals surface area contributed by atoms with Crippen LogP contribution in [0.3, 0.4) is 0 Å². The largest absolute Gasteiger partial charge is 0.308 e. The summed E-state index contributed by atoms with van der Waals surface area (Å²) in [5.74, 6) is 2.68. The lowest BCUT2D eigenvalue weighted by Gasteiger charge is -2.53. The lowest BCUT2D eigenvalue weighted by Crippen LogP contribution is -2.63. The van der Waals surface area contributed by atoms with Crippen molar-refractivity contribution >= 4 is 0 Å². The van der Waals surface area contributed by atoms with E-state index in [4.69, 9.17) is 0 Å². The van der Waals surface area contributed by atoms with E-state index in [1.165, 1.54) is 32.1 Å². The van der Waals surface area contributed by atoms with Gasteiger partial charge in [-0.3, -0.25) is 0 Å². The number of fused-ring (bicyclic) bond motifs is 1. The number of hydrogen-bond donors (Lipinski definition) is 1. The summed E-state index contributed by atoms with van der Waals surface area (Å²) >= 11 is 0. The van der Waals surface area contributed by atoms with Gasteiger partial charge in [0, 0.05) is 11.6 Å². The molecule has 1 heteroatoms. The highest BCUT2D eigenvalue weighted by molar-refractivity contribution is 5.02. The van der Waals surface area contributed by atoms with Crippen LogP contribution in [0.15, 0.2) is 0 Å². The maximum absolute atomic E-state index is 3.96. The average molecular weight is 209 g/mol. The number of piperidine rings is 1. The molecular formula is C14H27N. The van der Waals surface area contributed by atoms with Gasteiger partial charge in [0.1, 0.15) is 0 Å². The molecular weight excluding hydrogens is 182 g/mol. The van der Waals surface area contributed by atoms with Crippen molar-refractivity contribution in [3.05, 3.63) is 0 Å². The first-order valence-corrected chi connectivity index (χ1v) is 6.86. The van der Waals surface area contributed by atoms with Crippen molar-refractivity contribution in [2.45, 2.75) is 71.4 Å². The smallest absolute Gasteiger partial charge is 0.0181 e. The Morgan fingerprint density at radius 1 is 1.20 bits per heavy atom. The molecule has 0 radical (unpaired) electrons. The van der Waals surface area contributed by atoms with Crippen LogP contribution in [0.2, 0.25) is 0 Å². The molecule has 0 aromatic rings. The topological polar surface area (TPSA) is 12.0 Å². The third kappa shape index (κ3) is 1.84. The van der Waals surface area contributed by atoms with Crippen molar-refractivity contribution in [3.8, 4) is 0 Å². The van der Waals surface area contributed by atoms with E-state index in [1.54, 1.807) is 0 Å². The minimum Gasteiger partial charge on any atom is -0.308 e. The van der Waals surface area contributed by atoms with E-state index in [9.17, 15) is 0 Å². The van der Waals surface area contributed by atoms with Crippen molar-refractivity contribution in [1.29, 1.82) is 0 Å². The third-order valence-electron chi connectivity index (χ3n) is 5.54. The molecule has 2 fully saturated rings. The molecule has 1 saturated carbocycles. The van der Waals surface area contributed by atoms with Crippen LogP contribution in [0.5, 0.6) is 0 Å². The first-order valence-electron chi connectivity index (χ1n) is 6.86. The molecule has 1 N–H and O–H groups in total. The summed E-state index contributed by atoms with van der Waals surface area (Å²) in [6, 6.07) is 0.815. The second kappa shape index (κ2) is 4.08. The van der Waals surface area contributed by atoms with Crippen LogP contribution in [0.25, 0.3) is 0 Å². The Bertz CT molecular complexity index is 221. The standard InChI is InChI=1S/C14H27N/c1-5-14(4)11(3)10(2)12-8-6-7-9-13(12)15-14/h10-13,15H,5-9H2,1-4H3. The molecule has 1 saturated heterocycles. The zero-order chi connectivity index (χ0) is 11.1. The summed E-state index contributed by atoms with van der Waals surface area (Å²) in [5.41, 5.74) is 0.387. The zero-order valence-corrected chi connectivity index (χ0v) is 10.8. The Balaban J connectivity index is 2.17. The SMILES string of the molecule is CCC1(C)NC2CCCCC2C(C)C1C. The van der Waals surface area contributed by atoms with Crippen LogP contribution in [-0.2, 0) is 0 Å². The van der Waals surface area contributed by atoms with Gasteiger partial charge in [0.05, 0.1) is 0 Å². The van der Waals surface area contributed by atoms with Crippen molar-refractivity contribution in [3.63, 3.8) is 0 Å². The average Bonchev–Trinajstić information content (AvgIpc) is 2.26. The quantitative estimate of drug-likeness (QED) is 0.696. The molecule has 0 aromatic heterocycles. The lowest BCUT2D eigenvalue weighted by molar-refractivity contribution is 0.0183. The van der Waals surface area contributed by atoms with Crippen LogP contribution in [0, 0.1) is 17.8 Å². The highest BCUT2D eigenvalue weighted by atomic mass is 15.0. The van der Waals surface area contributed by atoms with Gasteiger partial charge in [-0.15, -0.1) is 0 Å². The van der Waals surface area contributed by atoms with Gasteiger partial charge in [-0.1, -0.05) is 33.6 Å². The van der Waals surface area contributed by atoms with Gasteiger partial charge in [-0.25, -0.2) is 0 Å². The molecule has 15 heavy (non-hydrogen) atoms. The second-order valence-corrected chi connectivity index (χ2v) is 6.12. The molecule has 88 valence electrons. The van der Waals surface area contributed by atoms with Gasteiger partial charge in [0.25, 0.3) is 0 Å². The Labute approximate surface area is 95.0 Å². The molecule has 0 amide bonds. The van der Waals surface area contributed by atoms with Gasteiger partial charge < -0.3 is 5.32 Å². The highest BCUT2D eigenvalue weighted by Crippen LogP contribution is 2.43. The van der Waals surface area contributed by atoms with Crippen molar-refractivity contribution in [2.24, 2.45) is 17.8 Å². The fraction of sp³-hybridized carbons (Fsp3) is 1.00. The van der Waals surface area contributed by atoms with Crippen molar-refractivity contribution < 1.29 is 0 Å². The molecule has 5 unspecified atom stereocenters. The minimum atomic E-state index is 0.387. The molecule has 1 aliphatic carbocycles. The van der Waals surface area contributed by atoms with E-state index in [0.29, 0.717) is 5.54 Å². The summed E-state index contributed by atoms with van der Waals surface area (Å²) in [4.78, 5) is 0. The summed E-state index contributed by atoms with van der Waals surface area (Å²) < 4.78 is 0. The fourth-order valence-electron chi connectivity index (χ4n) is 3.90. The van der Waals surface area contributed by atoms with Crippen molar-refractivity contribution in [2.75, 3.05) is 0 Å². The molecule has 0 spiro atoms. The summed E-state index contributed by atoms with van der Waals surface area (Å²) in [6.07, 6.45) is 7.04. The number of rotatable bonds is 1. The maximum Gasteiger partial charge on any atom is 0.0181 e. The lowest BCUT2D eigenvalue weighted by atomic mass is 9.62. The van der Waals surface area contributed by atoms with Crippen LogP contribution in [0.4, 0.5) is 0 Å². The summed E-state index contributed by atoms with van der Waals surface area (Å²) in [6.45, 7) is 9.70. The predicted octanol–water partition coefficient (Wildman–Crippen LogP) is 3.59. The van der Waals surface area contributed by atoms with E-state index in [2.05, 4.69) is 33.0 Å². The van der Waals surface area contributed by atoms with Crippen LogP contribution in [0.1, 0.15) is 59.8 Å². The maximum atomic E-state index is 3.96. The zero-order valence-electron chi connectivity index (χ0n) is 10.8. The molecule has 1 aliphatic heterocycles. The Morgan fingerprint density at radius 2 is 1.87 bits per heavy atom. The molecule has 1 nitrogen and oxygen atoms in total. The van der Waals surface area contributed by atoms with Gasteiger partial charge >= 0.3 is 0 Å². The molecule has 0 bridgehead atoms. The van der Waals surface area contributed by atoms with E-state index >= 15 is 0 Å². The van der Waals surface area contributed by atoms with Gasteiger partial charge in [-0.05, 0) is 43.9 Å². The summed E-state index contributed by atoms with van der Waals surface area (Å²) in [5, 5.41) is 3.96. The molecule has 2 rings (SSSR count). The Morgan fingerprint density at radius 3 is 2.53 bits per heavy atom. The van der Waals surface area contributed by atoms with Crippen LogP contribution >= 0.6 is 0 Å². The number of nitrogens with one attached hydrogen (secondary N) is 1. The second-order valence-electron chi connectivity index (χ2n) is 6.12. The molecule has 2 aliphatic rings. The Kier molecular flexibility index (Phi) is 3.12. The van der Waals surface area contributed by atoms with E-state index < -0.39 is 0 Å². The van der Waals surface area contributed by atoms with Crippen LogP contribution < -0.4 is 5.32 Å². The Hall–Kier alpha value is -0.0400. The van der Waals surface area contributed by atoms with Gasteiger partial charge in [0.15, 0.2) is 0 Å². The minimum absolute atomic E-state index is 0.387. The predicted molar refractivity (Wildman–Crippen MR) is 65.9 cm³/mol. The van der Waals surface area contributed by atoms with E-state index in [0.717, 1.165) is 23.8 Å². The first-order chi connectivity index (χ1) is 7.08. The molecule has 5 atom stereocenters. The first kappa shape index (κ1) is 11.4. The normalized spacial score (nSPS) is 51.2. The number of hydrogen-bond acceptors (Lipinski definition) is 1.